The molecule has 2 aromatic rings. The molecule has 3 rings (SSSR count). The normalized spacial score (nSPS) is 16.2. The zero-order valence-corrected chi connectivity index (χ0v) is 19.3. The number of hydrogen-bond donors (Lipinski definition) is 2. The highest BCUT2D eigenvalue weighted by molar-refractivity contribution is 5.95. The predicted molar refractivity (Wildman–Crippen MR) is 117 cm³/mol. The Balaban J connectivity index is 1.76. The van der Waals surface area contributed by atoms with Gasteiger partial charge < -0.3 is 15.2 Å². The molecule has 1 saturated heterocycles. The van der Waals surface area contributed by atoms with E-state index in [4.69, 9.17) is 4.74 Å². The van der Waals surface area contributed by atoms with Gasteiger partial charge in [0.25, 0.3) is 0 Å². The van der Waals surface area contributed by atoms with E-state index in [1.807, 2.05) is 0 Å². The molecule has 9 nitrogen and oxygen atoms in total. The molecule has 0 saturated carbocycles. The first-order valence-corrected chi connectivity index (χ1v) is 10.8. The first-order chi connectivity index (χ1) is 16.3. The summed E-state index contributed by atoms with van der Waals surface area (Å²) in [4.78, 5) is 45.6. The number of likely N-dealkylation sites (tertiary alicyclic amines) is 1. The van der Waals surface area contributed by atoms with E-state index in [0.717, 1.165) is 24.5 Å². The number of nitrogens with zero attached hydrogens (tertiary/aromatic N) is 3. The number of alkyl halides is 3. The number of nitrogens with one attached hydrogen (secondary N) is 1. The molecule has 1 unspecified atom stereocenters. The van der Waals surface area contributed by atoms with Gasteiger partial charge in [0.05, 0.1) is 17.8 Å². The van der Waals surface area contributed by atoms with Crippen LogP contribution in [0, 0.1) is 0 Å². The van der Waals surface area contributed by atoms with Crippen LogP contribution in [0.15, 0.2) is 30.6 Å². The summed E-state index contributed by atoms with van der Waals surface area (Å²) in [7, 11) is 0. The number of hydrogen-bond acceptors (Lipinski definition) is 6. The van der Waals surface area contributed by atoms with Crippen molar-refractivity contribution in [2.75, 3.05) is 6.54 Å². The number of aromatic carboxylic acids is 1. The van der Waals surface area contributed by atoms with E-state index >= 15 is 0 Å². The summed E-state index contributed by atoms with van der Waals surface area (Å²) in [6, 6.07) is 2.53. The van der Waals surface area contributed by atoms with E-state index in [1.165, 1.54) is 11.0 Å². The maximum absolute atomic E-state index is 12.8. The Morgan fingerprint density at radius 2 is 1.89 bits per heavy atom. The van der Waals surface area contributed by atoms with Crippen molar-refractivity contribution in [3.63, 3.8) is 0 Å². The minimum atomic E-state index is -4.63. The van der Waals surface area contributed by atoms with Gasteiger partial charge in [-0.2, -0.15) is 13.2 Å². The van der Waals surface area contributed by atoms with Crippen LogP contribution in [0.5, 0.6) is 0 Å². The average molecular weight is 494 g/mol. The Hall–Kier alpha value is -3.70. The number of aromatic nitrogens is 2. The number of rotatable bonds is 5. The fourth-order valence-corrected chi connectivity index (χ4v) is 3.60. The maximum Gasteiger partial charge on any atom is 0.433 e. The highest BCUT2D eigenvalue weighted by Crippen LogP contribution is 2.30. The highest BCUT2D eigenvalue weighted by atomic mass is 19.4. The van der Waals surface area contributed by atoms with E-state index in [2.05, 4.69) is 15.3 Å². The standard InChI is InChI=1S/C23H25F3N4O5/c1-22(2,3)35-21(34)30-8-4-5-17(30)19(31)29-11-14-9-15(16(12-27-14)20(32)33)13-6-7-18(28-10-13)23(24,25)26/h6-7,9-10,12,17H,4-5,8,11H2,1-3H3,(H,29,31)(H,32,33). The lowest BCUT2D eigenvalue weighted by atomic mass is 10.0. The van der Waals surface area contributed by atoms with Crippen molar-refractivity contribution >= 4 is 18.0 Å². The second-order valence-electron chi connectivity index (χ2n) is 9.01. The van der Waals surface area contributed by atoms with E-state index in [0.29, 0.717) is 19.4 Å². The maximum atomic E-state index is 12.8. The highest BCUT2D eigenvalue weighted by Gasteiger charge is 2.36. The van der Waals surface area contributed by atoms with Gasteiger partial charge in [-0.25, -0.2) is 9.59 Å². The van der Waals surface area contributed by atoms with Crippen molar-refractivity contribution in [1.82, 2.24) is 20.2 Å². The van der Waals surface area contributed by atoms with Crippen LogP contribution in [-0.4, -0.2) is 56.1 Å². The van der Waals surface area contributed by atoms with Crippen LogP contribution in [0.1, 0.15) is 55.4 Å². The Labute approximate surface area is 199 Å². The number of carboxylic acid groups (broad SMARTS) is 1. The molecule has 1 atom stereocenters. The van der Waals surface area contributed by atoms with Crippen LogP contribution in [0.2, 0.25) is 0 Å². The van der Waals surface area contributed by atoms with Crippen molar-refractivity contribution in [1.29, 1.82) is 0 Å². The molecule has 12 heteroatoms. The fourth-order valence-electron chi connectivity index (χ4n) is 3.60. The van der Waals surface area contributed by atoms with Gasteiger partial charge >= 0.3 is 18.2 Å². The molecule has 1 aliphatic rings. The minimum absolute atomic E-state index is 0.0849. The van der Waals surface area contributed by atoms with E-state index in [-0.39, 0.29) is 28.9 Å². The van der Waals surface area contributed by atoms with Gasteiger partial charge in [0.2, 0.25) is 5.91 Å². The van der Waals surface area contributed by atoms with Crippen LogP contribution in [0.25, 0.3) is 11.1 Å². The zero-order valence-electron chi connectivity index (χ0n) is 19.3. The van der Waals surface area contributed by atoms with Crippen molar-refractivity contribution in [3.05, 3.63) is 47.5 Å². The Bertz CT molecular complexity index is 1110. The largest absolute Gasteiger partial charge is 0.478 e. The third kappa shape index (κ3) is 6.46. The number of pyridine rings is 2. The average Bonchev–Trinajstić information content (AvgIpc) is 3.26. The quantitative estimate of drug-likeness (QED) is 0.647. The summed E-state index contributed by atoms with van der Waals surface area (Å²) in [6.07, 6.45) is -2.12. The van der Waals surface area contributed by atoms with Gasteiger partial charge in [-0.15, -0.1) is 0 Å². The molecule has 0 bridgehead atoms. The topological polar surface area (TPSA) is 122 Å². The summed E-state index contributed by atoms with van der Waals surface area (Å²) in [5.41, 5.74) is -1.51. The zero-order chi connectivity index (χ0) is 26.0. The number of halogens is 3. The van der Waals surface area contributed by atoms with E-state index in [9.17, 15) is 32.7 Å². The third-order valence-electron chi connectivity index (χ3n) is 5.18. The number of carbonyl (C=O) groups is 3. The van der Waals surface area contributed by atoms with Crippen molar-refractivity contribution in [3.8, 4) is 11.1 Å². The second kappa shape index (κ2) is 9.88. The summed E-state index contributed by atoms with van der Waals surface area (Å²) >= 11 is 0. The monoisotopic (exact) mass is 494 g/mol. The van der Waals surface area contributed by atoms with Gasteiger partial charge in [-0.05, 0) is 45.7 Å². The van der Waals surface area contributed by atoms with Gasteiger partial charge in [-0.3, -0.25) is 19.7 Å². The molecule has 2 aromatic heterocycles. The molecule has 0 spiro atoms. The van der Waals surface area contributed by atoms with Gasteiger partial charge in [-0.1, -0.05) is 6.07 Å². The fraction of sp³-hybridized carbons (Fsp3) is 0.435. The molecule has 3 heterocycles. The molecular formula is C23H25F3N4O5. The molecule has 35 heavy (non-hydrogen) atoms. The number of carbonyl (C=O) groups excluding carboxylic acids is 2. The lowest BCUT2D eigenvalue weighted by Gasteiger charge is -2.28. The molecular weight excluding hydrogens is 469 g/mol. The van der Waals surface area contributed by atoms with Crippen LogP contribution >= 0.6 is 0 Å². The summed E-state index contributed by atoms with van der Waals surface area (Å²) in [5, 5.41) is 12.1. The summed E-state index contributed by atoms with van der Waals surface area (Å²) in [5.74, 6) is -1.74. The van der Waals surface area contributed by atoms with Crippen LogP contribution in [0.4, 0.5) is 18.0 Å². The first kappa shape index (κ1) is 25.9. The molecule has 0 aromatic carbocycles. The van der Waals surface area contributed by atoms with E-state index < -0.39 is 41.5 Å². The molecule has 2 N–H and O–H groups in total. The second-order valence-corrected chi connectivity index (χ2v) is 9.01. The lowest BCUT2D eigenvalue weighted by Crippen LogP contribution is -2.47. The van der Waals surface area contributed by atoms with E-state index in [1.54, 1.807) is 20.8 Å². The van der Waals surface area contributed by atoms with Crippen LogP contribution < -0.4 is 5.32 Å². The van der Waals surface area contributed by atoms with Crippen molar-refractivity contribution in [2.24, 2.45) is 0 Å². The molecule has 1 aliphatic heterocycles. The van der Waals surface area contributed by atoms with Crippen LogP contribution in [0.3, 0.4) is 0 Å². The molecule has 1 fully saturated rings. The van der Waals surface area contributed by atoms with Gasteiger partial charge in [0, 0.05) is 30.1 Å². The Morgan fingerprint density at radius 1 is 1.17 bits per heavy atom. The smallest absolute Gasteiger partial charge is 0.433 e. The third-order valence-corrected chi connectivity index (χ3v) is 5.18. The van der Waals surface area contributed by atoms with Crippen LogP contribution in [-0.2, 0) is 22.3 Å². The molecule has 0 aliphatic carbocycles. The van der Waals surface area contributed by atoms with Crippen molar-refractivity contribution < 1.29 is 37.4 Å². The van der Waals surface area contributed by atoms with Crippen molar-refractivity contribution in [2.45, 2.75) is 58.0 Å². The molecule has 2 amide bonds. The predicted octanol–water partition coefficient (Wildman–Crippen LogP) is 3.88. The minimum Gasteiger partial charge on any atom is -0.478 e. The van der Waals surface area contributed by atoms with Gasteiger partial charge in [0.15, 0.2) is 0 Å². The number of ether oxygens (including phenoxy) is 1. The number of amides is 2. The number of carboxylic acids is 1. The summed E-state index contributed by atoms with van der Waals surface area (Å²) in [6.45, 7) is 5.48. The lowest BCUT2D eigenvalue weighted by molar-refractivity contribution is -0.141. The summed E-state index contributed by atoms with van der Waals surface area (Å²) < 4.78 is 43.8. The Kier molecular flexibility index (Phi) is 7.32. The first-order valence-electron chi connectivity index (χ1n) is 10.8. The molecule has 0 radical (unpaired) electrons. The Morgan fingerprint density at radius 3 is 2.46 bits per heavy atom. The molecule has 188 valence electrons. The van der Waals surface area contributed by atoms with Gasteiger partial charge in [0.1, 0.15) is 17.3 Å². The SMILES string of the molecule is CC(C)(C)OC(=O)N1CCCC1C(=O)NCc1cc(-c2ccc(C(F)(F)F)nc2)c(C(=O)O)cn1.